The first kappa shape index (κ1) is 15.0. The Labute approximate surface area is 107 Å². The molecule has 1 rings (SSSR count). The third-order valence-electron chi connectivity index (χ3n) is 3.90. The summed E-state index contributed by atoms with van der Waals surface area (Å²) in [6.07, 6.45) is 11.9. The molecule has 17 heavy (non-hydrogen) atoms. The van der Waals surface area contributed by atoms with Crippen LogP contribution in [0.3, 0.4) is 0 Å². The monoisotopic (exact) mass is 241 g/mol. The summed E-state index contributed by atoms with van der Waals surface area (Å²) in [5.41, 5.74) is -0.457. The van der Waals surface area contributed by atoms with E-state index in [2.05, 4.69) is 12.2 Å². The molecule has 1 atom stereocenters. The van der Waals surface area contributed by atoms with Crippen molar-refractivity contribution in [2.45, 2.75) is 77.2 Å². The number of hydrogen-bond acceptors (Lipinski definition) is 2. The third kappa shape index (κ3) is 7.05. The molecule has 1 saturated carbocycles. The van der Waals surface area contributed by atoms with Gasteiger partial charge in [-0.05, 0) is 38.6 Å². The third-order valence-corrected chi connectivity index (χ3v) is 3.90. The summed E-state index contributed by atoms with van der Waals surface area (Å²) in [5, 5.41) is 13.5. The van der Waals surface area contributed by atoms with E-state index in [1.165, 1.54) is 57.8 Å². The molecule has 0 amide bonds. The maximum atomic E-state index is 10.1. The van der Waals surface area contributed by atoms with Gasteiger partial charge in [-0.25, -0.2) is 0 Å². The average Bonchev–Trinajstić information content (AvgIpc) is 3.11. The van der Waals surface area contributed by atoms with Crippen molar-refractivity contribution in [3.05, 3.63) is 0 Å². The Morgan fingerprint density at radius 3 is 2.24 bits per heavy atom. The number of nitrogens with one attached hydrogen (secondary N) is 1. The zero-order valence-electron chi connectivity index (χ0n) is 11.8. The number of aliphatic hydroxyl groups is 1. The van der Waals surface area contributed by atoms with Crippen molar-refractivity contribution in [1.29, 1.82) is 0 Å². The van der Waals surface area contributed by atoms with E-state index in [-0.39, 0.29) is 0 Å². The van der Waals surface area contributed by atoms with Crippen LogP contribution in [0, 0.1) is 5.92 Å². The van der Waals surface area contributed by atoms with E-state index in [1.54, 1.807) is 0 Å². The minimum absolute atomic E-state index is 0.457. The van der Waals surface area contributed by atoms with Crippen molar-refractivity contribution in [3.63, 3.8) is 0 Å². The van der Waals surface area contributed by atoms with Gasteiger partial charge in [0.05, 0.1) is 5.60 Å². The SMILES string of the molecule is CCCCCCCCCNC[C@](C)(O)C1CC1. The Morgan fingerprint density at radius 2 is 1.65 bits per heavy atom. The van der Waals surface area contributed by atoms with Crippen LogP contribution in [0.4, 0.5) is 0 Å². The van der Waals surface area contributed by atoms with Gasteiger partial charge >= 0.3 is 0 Å². The van der Waals surface area contributed by atoms with Crippen molar-refractivity contribution in [2.24, 2.45) is 5.92 Å². The standard InChI is InChI=1S/C15H31NO/c1-3-4-5-6-7-8-9-12-16-13-15(2,17)14-10-11-14/h14,16-17H,3-13H2,1-2H3/t15-/m0/s1. The Hall–Kier alpha value is -0.0800. The van der Waals surface area contributed by atoms with Gasteiger partial charge in [-0.1, -0.05) is 45.4 Å². The van der Waals surface area contributed by atoms with Crippen LogP contribution in [-0.2, 0) is 0 Å². The van der Waals surface area contributed by atoms with E-state index in [4.69, 9.17) is 0 Å². The maximum Gasteiger partial charge on any atom is 0.0771 e. The lowest BCUT2D eigenvalue weighted by atomic mass is 10.0. The molecule has 0 aromatic rings. The Morgan fingerprint density at radius 1 is 1.06 bits per heavy atom. The van der Waals surface area contributed by atoms with Crippen molar-refractivity contribution < 1.29 is 5.11 Å². The van der Waals surface area contributed by atoms with E-state index < -0.39 is 5.60 Å². The molecule has 1 aliphatic carbocycles. The predicted octanol–water partition coefficient (Wildman–Crippen LogP) is 3.49. The molecule has 0 unspecified atom stereocenters. The number of hydrogen-bond donors (Lipinski definition) is 2. The largest absolute Gasteiger partial charge is 0.389 e. The quantitative estimate of drug-likeness (QED) is 0.543. The normalized spacial score (nSPS) is 19.2. The first-order valence-corrected chi connectivity index (χ1v) is 7.60. The molecule has 2 N–H and O–H groups in total. The first-order valence-electron chi connectivity index (χ1n) is 7.60. The van der Waals surface area contributed by atoms with Crippen LogP contribution in [-0.4, -0.2) is 23.8 Å². The Balaban J connectivity index is 1.81. The number of unbranched alkanes of at least 4 members (excludes halogenated alkanes) is 6. The van der Waals surface area contributed by atoms with Crippen LogP contribution in [0.25, 0.3) is 0 Å². The van der Waals surface area contributed by atoms with E-state index in [9.17, 15) is 5.11 Å². The van der Waals surface area contributed by atoms with Crippen LogP contribution >= 0.6 is 0 Å². The summed E-state index contributed by atoms with van der Waals surface area (Å²) < 4.78 is 0. The van der Waals surface area contributed by atoms with Gasteiger partial charge in [-0.3, -0.25) is 0 Å². The molecular formula is C15H31NO. The molecule has 102 valence electrons. The molecule has 0 aromatic carbocycles. The van der Waals surface area contributed by atoms with E-state index in [1.807, 2.05) is 6.92 Å². The highest BCUT2D eigenvalue weighted by Gasteiger charge is 2.39. The summed E-state index contributed by atoms with van der Waals surface area (Å²) in [7, 11) is 0. The Bertz CT molecular complexity index is 187. The van der Waals surface area contributed by atoms with Crippen LogP contribution in [0.5, 0.6) is 0 Å². The molecule has 0 spiro atoms. The Kier molecular flexibility index (Phi) is 7.14. The van der Waals surface area contributed by atoms with Gasteiger partial charge < -0.3 is 10.4 Å². The molecule has 0 aliphatic heterocycles. The molecule has 0 radical (unpaired) electrons. The van der Waals surface area contributed by atoms with Crippen molar-refractivity contribution in [2.75, 3.05) is 13.1 Å². The second kappa shape index (κ2) is 8.10. The first-order chi connectivity index (χ1) is 8.17. The second-order valence-electron chi connectivity index (χ2n) is 5.93. The molecule has 0 bridgehead atoms. The van der Waals surface area contributed by atoms with Crippen molar-refractivity contribution in [1.82, 2.24) is 5.32 Å². The average molecular weight is 241 g/mol. The molecule has 0 saturated heterocycles. The summed E-state index contributed by atoms with van der Waals surface area (Å²) in [6, 6.07) is 0. The fourth-order valence-corrected chi connectivity index (χ4v) is 2.40. The van der Waals surface area contributed by atoms with Gasteiger partial charge in [0.1, 0.15) is 0 Å². The van der Waals surface area contributed by atoms with Crippen molar-refractivity contribution in [3.8, 4) is 0 Å². The van der Waals surface area contributed by atoms with E-state index in [0.717, 1.165) is 13.1 Å². The van der Waals surface area contributed by atoms with Gasteiger partial charge in [0.25, 0.3) is 0 Å². The molecule has 2 heteroatoms. The van der Waals surface area contributed by atoms with Gasteiger partial charge in [0.15, 0.2) is 0 Å². The van der Waals surface area contributed by atoms with Gasteiger partial charge in [-0.15, -0.1) is 0 Å². The summed E-state index contributed by atoms with van der Waals surface area (Å²) in [4.78, 5) is 0. The molecular weight excluding hydrogens is 210 g/mol. The number of rotatable bonds is 11. The van der Waals surface area contributed by atoms with E-state index >= 15 is 0 Å². The zero-order chi connectivity index (χ0) is 12.6. The predicted molar refractivity (Wildman–Crippen MR) is 74.2 cm³/mol. The fourth-order valence-electron chi connectivity index (χ4n) is 2.40. The summed E-state index contributed by atoms with van der Waals surface area (Å²) >= 11 is 0. The van der Waals surface area contributed by atoms with Crippen LogP contribution < -0.4 is 5.32 Å². The summed E-state index contributed by atoms with van der Waals surface area (Å²) in [6.45, 7) is 6.07. The molecule has 0 heterocycles. The minimum Gasteiger partial charge on any atom is -0.389 e. The highest BCUT2D eigenvalue weighted by Crippen LogP contribution is 2.38. The van der Waals surface area contributed by atoms with Crippen LogP contribution in [0.1, 0.15) is 71.6 Å². The summed E-state index contributed by atoms with van der Waals surface area (Å²) in [5.74, 6) is 0.559. The van der Waals surface area contributed by atoms with Crippen LogP contribution in [0.15, 0.2) is 0 Å². The smallest absolute Gasteiger partial charge is 0.0771 e. The minimum atomic E-state index is -0.457. The highest BCUT2D eigenvalue weighted by molar-refractivity contribution is 4.92. The lowest BCUT2D eigenvalue weighted by Crippen LogP contribution is -2.40. The zero-order valence-corrected chi connectivity index (χ0v) is 11.8. The maximum absolute atomic E-state index is 10.1. The molecule has 0 aromatic heterocycles. The van der Waals surface area contributed by atoms with Crippen molar-refractivity contribution >= 4 is 0 Å². The van der Waals surface area contributed by atoms with Gasteiger partial charge in [0.2, 0.25) is 0 Å². The van der Waals surface area contributed by atoms with Crippen LogP contribution in [0.2, 0.25) is 0 Å². The molecule has 1 fully saturated rings. The molecule has 1 aliphatic rings. The second-order valence-corrected chi connectivity index (χ2v) is 5.93. The fraction of sp³-hybridized carbons (Fsp3) is 1.00. The van der Waals surface area contributed by atoms with E-state index in [0.29, 0.717) is 5.92 Å². The lowest BCUT2D eigenvalue weighted by molar-refractivity contribution is 0.0371. The highest BCUT2D eigenvalue weighted by atomic mass is 16.3. The molecule has 2 nitrogen and oxygen atoms in total. The van der Waals surface area contributed by atoms with Gasteiger partial charge in [-0.2, -0.15) is 0 Å². The van der Waals surface area contributed by atoms with Gasteiger partial charge in [0, 0.05) is 6.54 Å². The topological polar surface area (TPSA) is 32.3 Å². The lowest BCUT2D eigenvalue weighted by Gasteiger charge is -2.23.